The fourth-order valence-corrected chi connectivity index (χ4v) is 3.63. The molecule has 20 heavy (non-hydrogen) atoms. The third-order valence-corrected chi connectivity index (χ3v) is 4.75. The van der Waals surface area contributed by atoms with Gasteiger partial charge in [0.1, 0.15) is 5.75 Å². The summed E-state index contributed by atoms with van der Waals surface area (Å²) in [5.41, 5.74) is 6.83. The van der Waals surface area contributed by atoms with Crippen LogP contribution in [0.4, 0.5) is 0 Å². The van der Waals surface area contributed by atoms with Crippen LogP contribution < -0.4 is 16.0 Å². The Morgan fingerprint density at radius 3 is 2.60 bits per heavy atom. The van der Waals surface area contributed by atoms with Gasteiger partial charge >= 0.3 is 0 Å². The van der Waals surface area contributed by atoms with Gasteiger partial charge in [0.15, 0.2) is 0 Å². The minimum atomic E-state index is 0.252. The number of aryl methyl sites for hydroxylation is 2. The maximum Gasteiger partial charge on any atom is 0.122 e. The Morgan fingerprint density at radius 1 is 1.25 bits per heavy atom. The number of hydrazine groups is 1. The van der Waals surface area contributed by atoms with Crippen molar-refractivity contribution in [2.24, 2.45) is 17.7 Å². The van der Waals surface area contributed by atoms with Gasteiger partial charge in [-0.05, 0) is 61.3 Å². The van der Waals surface area contributed by atoms with Gasteiger partial charge < -0.3 is 4.74 Å². The summed E-state index contributed by atoms with van der Waals surface area (Å²) >= 11 is 0. The number of rotatable bonds is 4. The van der Waals surface area contributed by atoms with Gasteiger partial charge in [-0.3, -0.25) is 11.3 Å². The molecular formula is C17H28N2O. The lowest BCUT2D eigenvalue weighted by Crippen LogP contribution is -2.36. The molecule has 3 atom stereocenters. The van der Waals surface area contributed by atoms with Gasteiger partial charge in [-0.2, -0.15) is 0 Å². The molecule has 1 aliphatic carbocycles. The highest BCUT2D eigenvalue weighted by atomic mass is 16.5. The van der Waals surface area contributed by atoms with Crippen molar-refractivity contribution in [3.63, 3.8) is 0 Å². The van der Waals surface area contributed by atoms with E-state index in [4.69, 9.17) is 10.6 Å². The van der Waals surface area contributed by atoms with Crippen LogP contribution >= 0.6 is 0 Å². The van der Waals surface area contributed by atoms with Crippen molar-refractivity contribution in [3.05, 3.63) is 28.8 Å². The second-order valence-electron chi connectivity index (χ2n) is 6.35. The summed E-state index contributed by atoms with van der Waals surface area (Å²) < 4.78 is 5.41. The first-order valence-electron chi connectivity index (χ1n) is 7.68. The van der Waals surface area contributed by atoms with Crippen LogP contribution in [0.15, 0.2) is 12.1 Å². The van der Waals surface area contributed by atoms with Crippen LogP contribution in [0.5, 0.6) is 5.75 Å². The first kappa shape index (κ1) is 15.3. The van der Waals surface area contributed by atoms with Gasteiger partial charge in [0.2, 0.25) is 0 Å². The molecular weight excluding hydrogens is 248 g/mol. The fraction of sp³-hybridized carbons (Fsp3) is 0.647. The van der Waals surface area contributed by atoms with Gasteiger partial charge in [0, 0.05) is 6.04 Å². The van der Waals surface area contributed by atoms with Gasteiger partial charge in [-0.25, -0.2) is 0 Å². The standard InChI is InChI=1S/C17H28N2O/c1-11-6-5-7-14(8-11)17(19-18)15-9-13(3)16(20-4)10-12(15)2/h9-11,14,17,19H,5-8,18H2,1-4H3. The minimum absolute atomic E-state index is 0.252. The number of nitrogens with two attached hydrogens (primary N) is 1. The molecule has 3 nitrogen and oxygen atoms in total. The quantitative estimate of drug-likeness (QED) is 0.652. The maximum atomic E-state index is 5.89. The van der Waals surface area contributed by atoms with Crippen molar-refractivity contribution in [1.82, 2.24) is 5.43 Å². The van der Waals surface area contributed by atoms with E-state index in [2.05, 4.69) is 38.3 Å². The topological polar surface area (TPSA) is 47.3 Å². The van der Waals surface area contributed by atoms with Crippen molar-refractivity contribution in [2.75, 3.05) is 7.11 Å². The lowest BCUT2D eigenvalue weighted by molar-refractivity contribution is 0.224. The van der Waals surface area contributed by atoms with E-state index in [1.807, 2.05) is 0 Å². The van der Waals surface area contributed by atoms with Gasteiger partial charge in [-0.1, -0.05) is 25.8 Å². The molecule has 2 rings (SSSR count). The van der Waals surface area contributed by atoms with Crippen LogP contribution in [0.3, 0.4) is 0 Å². The molecule has 0 amide bonds. The summed E-state index contributed by atoms with van der Waals surface area (Å²) in [5, 5.41) is 0. The molecule has 1 aromatic rings. The number of nitrogens with one attached hydrogen (secondary N) is 1. The van der Waals surface area contributed by atoms with Crippen molar-refractivity contribution >= 4 is 0 Å². The molecule has 3 unspecified atom stereocenters. The number of hydrogen-bond acceptors (Lipinski definition) is 3. The highest BCUT2D eigenvalue weighted by Gasteiger charge is 2.28. The molecule has 0 radical (unpaired) electrons. The summed E-state index contributed by atoms with van der Waals surface area (Å²) in [4.78, 5) is 0. The summed E-state index contributed by atoms with van der Waals surface area (Å²) in [6.07, 6.45) is 5.20. The van der Waals surface area contributed by atoms with Gasteiger partial charge in [0.25, 0.3) is 0 Å². The van der Waals surface area contributed by atoms with E-state index in [-0.39, 0.29) is 6.04 Å². The van der Waals surface area contributed by atoms with E-state index in [0.717, 1.165) is 11.7 Å². The Labute approximate surface area is 122 Å². The van der Waals surface area contributed by atoms with Crippen LogP contribution in [-0.4, -0.2) is 7.11 Å². The molecule has 0 heterocycles. The van der Waals surface area contributed by atoms with E-state index >= 15 is 0 Å². The van der Waals surface area contributed by atoms with Crippen molar-refractivity contribution in [3.8, 4) is 5.75 Å². The Kier molecular flexibility index (Phi) is 5.06. The minimum Gasteiger partial charge on any atom is -0.496 e. The third-order valence-electron chi connectivity index (χ3n) is 4.75. The summed E-state index contributed by atoms with van der Waals surface area (Å²) in [5.74, 6) is 8.29. The average molecular weight is 276 g/mol. The zero-order valence-corrected chi connectivity index (χ0v) is 13.2. The van der Waals surface area contributed by atoms with Crippen LogP contribution in [0.25, 0.3) is 0 Å². The predicted molar refractivity (Wildman–Crippen MR) is 83.7 cm³/mol. The van der Waals surface area contributed by atoms with Crippen LogP contribution in [-0.2, 0) is 0 Å². The van der Waals surface area contributed by atoms with Gasteiger partial charge in [-0.15, -0.1) is 0 Å². The lowest BCUT2D eigenvalue weighted by atomic mass is 9.76. The Hall–Kier alpha value is -1.06. The highest BCUT2D eigenvalue weighted by Crippen LogP contribution is 2.38. The van der Waals surface area contributed by atoms with Crippen molar-refractivity contribution in [1.29, 1.82) is 0 Å². The Bertz CT molecular complexity index is 459. The zero-order valence-electron chi connectivity index (χ0n) is 13.2. The number of ether oxygens (including phenoxy) is 1. The highest BCUT2D eigenvalue weighted by molar-refractivity contribution is 5.43. The van der Waals surface area contributed by atoms with E-state index in [1.54, 1.807) is 7.11 Å². The van der Waals surface area contributed by atoms with Crippen LogP contribution in [0.2, 0.25) is 0 Å². The van der Waals surface area contributed by atoms with Crippen molar-refractivity contribution < 1.29 is 4.74 Å². The molecule has 3 heteroatoms. The van der Waals surface area contributed by atoms with E-state index in [0.29, 0.717) is 5.92 Å². The average Bonchev–Trinajstić information content (AvgIpc) is 2.43. The first-order chi connectivity index (χ1) is 9.56. The summed E-state index contributed by atoms with van der Waals surface area (Å²) in [6, 6.07) is 4.61. The van der Waals surface area contributed by atoms with E-state index < -0.39 is 0 Å². The zero-order chi connectivity index (χ0) is 14.7. The normalized spacial score (nSPS) is 24.4. The molecule has 0 aliphatic heterocycles. The molecule has 112 valence electrons. The van der Waals surface area contributed by atoms with E-state index in [1.165, 1.54) is 42.4 Å². The van der Waals surface area contributed by atoms with Crippen LogP contribution in [0, 0.1) is 25.7 Å². The smallest absolute Gasteiger partial charge is 0.122 e. The fourth-order valence-electron chi connectivity index (χ4n) is 3.63. The second-order valence-corrected chi connectivity index (χ2v) is 6.35. The predicted octanol–water partition coefficient (Wildman–Crippen LogP) is 3.64. The molecule has 1 aliphatic rings. The SMILES string of the molecule is COc1cc(C)c(C(NN)C2CCCC(C)C2)cc1C. The Morgan fingerprint density at radius 2 is 2.00 bits per heavy atom. The number of benzene rings is 1. The lowest BCUT2D eigenvalue weighted by Gasteiger charge is -2.34. The van der Waals surface area contributed by atoms with Gasteiger partial charge in [0.05, 0.1) is 7.11 Å². The maximum absolute atomic E-state index is 5.89. The third kappa shape index (κ3) is 3.15. The molecule has 0 aromatic heterocycles. The summed E-state index contributed by atoms with van der Waals surface area (Å²) in [6.45, 7) is 6.60. The number of methoxy groups -OCH3 is 1. The molecule has 1 saturated carbocycles. The monoisotopic (exact) mass is 276 g/mol. The van der Waals surface area contributed by atoms with Crippen LogP contribution in [0.1, 0.15) is 55.3 Å². The largest absolute Gasteiger partial charge is 0.496 e. The Balaban J connectivity index is 2.29. The molecule has 1 fully saturated rings. The second kappa shape index (κ2) is 6.59. The first-order valence-corrected chi connectivity index (χ1v) is 7.68. The van der Waals surface area contributed by atoms with E-state index in [9.17, 15) is 0 Å². The molecule has 0 spiro atoms. The number of hydrogen-bond donors (Lipinski definition) is 2. The molecule has 0 bridgehead atoms. The van der Waals surface area contributed by atoms with Crippen molar-refractivity contribution in [2.45, 2.75) is 52.5 Å². The summed E-state index contributed by atoms with van der Waals surface area (Å²) in [7, 11) is 1.73. The molecule has 0 saturated heterocycles. The molecule has 1 aromatic carbocycles. The molecule has 3 N–H and O–H groups in total.